The normalized spacial score (nSPS) is 24.2. The Kier molecular flexibility index (Phi) is 27.8. The quantitative estimate of drug-likeness (QED) is 0.0195. The number of aliphatic hydroxyl groups is 8. The van der Waals surface area contributed by atoms with Crippen LogP contribution in [0.1, 0.15) is 36.0 Å². The zero-order valence-electron chi connectivity index (χ0n) is 61.2. The summed E-state index contributed by atoms with van der Waals surface area (Å²) in [5.41, 5.74) is 5.74. The topological polar surface area (TPSA) is 600 Å². The fourth-order valence-corrected chi connectivity index (χ4v) is 13.8. The lowest BCUT2D eigenvalue weighted by molar-refractivity contribution is -0.0465. The van der Waals surface area contributed by atoms with E-state index in [4.69, 9.17) is 48.8 Å². The number of ether oxygens (including phenoxy) is 4. The van der Waals surface area contributed by atoms with E-state index in [1.54, 1.807) is 36.4 Å². The first-order valence-corrected chi connectivity index (χ1v) is 40.5. The van der Waals surface area contributed by atoms with Crippen molar-refractivity contribution in [3.63, 3.8) is 0 Å². The highest BCUT2D eigenvalue weighted by atomic mass is 32.2. The molecule has 0 aliphatic carbocycles. The number of aromatic nitrogens is 16. The Morgan fingerprint density at radius 3 is 1.00 bits per heavy atom. The molecule has 0 saturated carbocycles. The van der Waals surface area contributed by atoms with Gasteiger partial charge in [0.2, 0.25) is 20.0 Å². The van der Waals surface area contributed by atoms with Gasteiger partial charge < -0.3 is 81.1 Å². The van der Waals surface area contributed by atoms with E-state index < -0.39 is 152 Å². The van der Waals surface area contributed by atoms with Gasteiger partial charge in [-0.1, -0.05) is 62.1 Å². The van der Waals surface area contributed by atoms with Gasteiger partial charge in [-0.15, -0.1) is 25.7 Å². The Hall–Kier alpha value is -11.8. The number of anilines is 6. The standard InChI is InChI=1S/C20H20N6O5S.C20H19N5O6S.C15H18N6O5S.C15H17N5O6S/c1-3-12-6-5-7-13(8-12)25-18-15-19(22-10-21-18)26(11-23-15)20-17(28)16(27)14(31-20)9-24-32(29,30)4-2;1-3-12-6-5-7-13(8-12)24-18-15-19(22-10-21-18)25(11-23-15)20-17(27)16(26)14(31-20)9-30-32(28,29)4-2;1-3-5-16-13-10-14(18-7-17-13)21(8-19-10)15-12(23)11(22)9(26-15)6-20-27(24,25)4-2;1-3-5-16-13-10-14(18-7-17-13)20(8-19-10)15-12(22)11(21)9(26-15)6-25-27(23,24)4-2/h1,4-8,10-11,14,16-17,20,24,27-28H,2,9H2,(H,21,22,25);1,4-8,10-11,14,16-17,20,26-27H,2,9H2,(H,21,22,24);1,4,7-9,11-12,15,20,22-23H,2,5-6H2,(H,16,17,18);1,4,7-9,11-12,15,21-22H,2,5-6H2,(H,16,17,18). The van der Waals surface area contributed by atoms with Gasteiger partial charge >= 0.3 is 0 Å². The number of imidazole rings is 4. The molecule has 10 aromatic rings. The Labute approximate surface area is 671 Å². The van der Waals surface area contributed by atoms with Crippen LogP contribution in [0.3, 0.4) is 0 Å². The minimum Gasteiger partial charge on any atom is -0.387 e. The van der Waals surface area contributed by atoms with E-state index in [0.29, 0.717) is 101 Å². The number of rotatable bonds is 28. The second-order valence-electron chi connectivity index (χ2n) is 25.2. The highest BCUT2D eigenvalue weighted by Gasteiger charge is 2.49. The van der Waals surface area contributed by atoms with Gasteiger partial charge in [0.25, 0.3) is 20.2 Å². The Bertz CT molecular complexity index is 5650. The van der Waals surface area contributed by atoms with E-state index in [2.05, 4.69) is 145 Å². The van der Waals surface area contributed by atoms with Crippen molar-refractivity contribution in [1.82, 2.24) is 87.5 Å². The predicted octanol–water partition coefficient (Wildman–Crippen LogP) is -1.57. The molecule has 4 saturated heterocycles. The average Bonchev–Trinajstić information content (AvgIpc) is 1.64. The van der Waals surface area contributed by atoms with E-state index >= 15 is 0 Å². The van der Waals surface area contributed by atoms with Gasteiger partial charge in [0, 0.05) is 46.4 Å². The maximum Gasteiger partial charge on any atom is 0.289 e. The first kappa shape index (κ1) is 87.0. The summed E-state index contributed by atoms with van der Waals surface area (Å²) in [4.78, 5) is 50.3. The molecule has 0 radical (unpaired) electrons. The van der Waals surface area contributed by atoms with Gasteiger partial charge in [-0.05, 0) is 36.4 Å². The number of terminal acetylenes is 4. The number of aliphatic hydroxyl groups excluding tert-OH is 8. The molecule has 48 heteroatoms. The minimum absolute atomic E-state index is 0.234. The number of benzene rings is 2. The summed E-state index contributed by atoms with van der Waals surface area (Å²) >= 11 is 0. The van der Waals surface area contributed by atoms with Gasteiger partial charge in [0.1, 0.15) is 98.6 Å². The lowest BCUT2D eigenvalue weighted by Gasteiger charge is -2.16. The molecule has 16 unspecified atom stereocenters. The van der Waals surface area contributed by atoms with Crippen LogP contribution in [0.4, 0.5) is 34.6 Å². The highest BCUT2D eigenvalue weighted by Crippen LogP contribution is 2.38. The van der Waals surface area contributed by atoms with E-state index in [1.807, 2.05) is 12.1 Å². The molecule has 0 bridgehead atoms. The third-order valence-electron chi connectivity index (χ3n) is 17.8. The molecule has 4 fully saturated rings. The van der Waals surface area contributed by atoms with Crippen LogP contribution in [-0.2, 0) is 67.6 Å². The molecule has 14 rings (SSSR count). The molecule has 620 valence electrons. The van der Waals surface area contributed by atoms with Crippen LogP contribution in [0.15, 0.2) is 147 Å². The van der Waals surface area contributed by atoms with Crippen molar-refractivity contribution in [3.8, 4) is 49.4 Å². The maximum absolute atomic E-state index is 11.6. The van der Waals surface area contributed by atoms with E-state index in [0.717, 1.165) is 10.8 Å². The summed E-state index contributed by atoms with van der Waals surface area (Å²) in [7, 11) is -15.3. The van der Waals surface area contributed by atoms with Crippen molar-refractivity contribution in [2.45, 2.75) is 98.2 Å². The summed E-state index contributed by atoms with van der Waals surface area (Å²) < 4.78 is 134. The fraction of sp³-hybridized carbons (Fsp3) is 0.314. The van der Waals surface area contributed by atoms with Gasteiger partial charge in [0.05, 0.1) is 62.4 Å². The van der Waals surface area contributed by atoms with Crippen LogP contribution in [0, 0.1) is 49.4 Å². The first-order valence-electron chi connectivity index (χ1n) is 34.5. The molecule has 44 nitrogen and oxygen atoms in total. The Morgan fingerprint density at radius 1 is 0.407 bits per heavy atom. The number of nitrogens with zero attached hydrogens (tertiary/aromatic N) is 16. The first-order chi connectivity index (χ1) is 56.4. The second kappa shape index (κ2) is 37.6. The number of sulfonamides is 2. The van der Waals surface area contributed by atoms with Gasteiger partial charge in [-0.2, -0.15) is 16.8 Å². The Morgan fingerprint density at radius 2 is 0.703 bits per heavy atom. The number of nitrogens with one attached hydrogen (secondary N) is 6. The second-order valence-corrected chi connectivity index (χ2v) is 31.7. The van der Waals surface area contributed by atoms with Gasteiger partial charge in [-0.3, -0.25) is 26.6 Å². The average molecular weight is 1700 g/mol. The van der Waals surface area contributed by atoms with Crippen LogP contribution in [0.5, 0.6) is 0 Å². The lowest BCUT2D eigenvalue weighted by Crippen LogP contribution is -2.39. The third-order valence-corrected chi connectivity index (χ3v) is 21.6. The zero-order chi connectivity index (χ0) is 85.0. The number of hydrogen-bond acceptors (Lipinski definition) is 38. The molecule has 4 aliphatic heterocycles. The van der Waals surface area contributed by atoms with Crippen molar-refractivity contribution in [1.29, 1.82) is 0 Å². The van der Waals surface area contributed by atoms with Crippen LogP contribution < -0.4 is 30.7 Å². The summed E-state index contributed by atoms with van der Waals surface area (Å²) in [5.74, 6) is 11.6. The monoisotopic (exact) mass is 1700 g/mol. The summed E-state index contributed by atoms with van der Waals surface area (Å²) in [6, 6.07) is 14.4. The summed E-state index contributed by atoms with van der Waals surface area (Å²) in [6.45, 7) is 11.7. The van der Waals surface area contributed by atoms with Crippen LogP contribution in [0.2, 0.25) is 0 Å². The molecule has 16 atom stereocenters. The molecule has 4 aliphatic rings. The van der Waals surface area contributed by atoms with E-state index in [9.17, 15) is 74.5 Å². The lowest BCUT2D eigenvalue weighted by atomic mass is 10.1. The summed E-state index contributed by atoms with van der Waals surface area (Å²) in [6.07, 6.45) is 12.9. The van der Waals surface area contributed by atoms with Gasteiger partial charge in [0.15, 0.2) is 92.8 Å². The zero-order valence-corrected chi connectivity index (χ0v) is 64.5. The van der Waals surface area contributed by atoms with Crippen molar-refractivity contribution in [2.75, 3.05) is 60.7 Å². The van der Waals surface area contributed by atoms with Crippen molar-refractivity contribution < 1.29 is 102 Å². The maximum atomic E-state index is 11.6. The smallest absolute Gasteiger partial charge is 0.289 e. The SMILES string of the molecule is C#CCNc1ncnc2c1ncn2C1OC(CNS(=O)(=O)C=C)C(O)C1O.C#CCNc1ncnc2c1ncn2C1OC(COS(=O)(=O)C=C)C(O)C1O.C#Cc1cccc(Nc2ncnc3c2ncn3C2OC(CNS(=O)(=O)C=C)C(O)C2O)c1.C#Cc1cccc(Nc2ncnc3c2ncn3C2OC(COS(=O)(=O)C=C)C(O)C2O)c1. The molecule has 0 amide bonds. The van der Waals surface area contributed by atoms with Crippen LogP contribution in [0.25, 0.3) is 44.7 Å². The molecular weight excluding hydrogens is 1630 g/mol. The highest BCUT2D eigenvalue weighted by molar-refractivity contribution is 7.92. The Balaban J connectivity index is 0.000000155. The molecule has 8 aromatic heterocycles. The van der Waals surface area contributed by atoms with Crippen molar-refractivity contribution in [3.05, 3.63) is 158 Å². The van der Waals surface area contributed by atoms with Crippen LogP contribution in [-0.4, -0.2) is 265 Å². The van der Waals surface area contributed by atoms with E-state index in [-0.39, 0.29) is 26.2 Å². The third kappa shape index (κ3) is 19.9. The molecular formula is C70H74N22O22S4. The van der Waals surface area contributed by atoms with Crippen molar-refractivity contribution >= 4 is 120 Å². The molecule has 2 aromatic carbocycles. The fourth-order valence-electron chi connectivity index (χ4n) is 11.9. The summed E-state index contributed by atoms with van der Waals surface area (Å²) in [5, 5.41) is 97.5. The molecule has 0 spiro atoms. The van der Waals surface area contributed by atoms with E-state index in [1.165, 1.54) is 68.9 Å². The number of fused-ring (bicyclic) bond motifs is 4. The molecule has 118 heavy (non-hydrogen) atoms. The predicted molar refractivity (Wildman–Crippen MR) is 419 cm³/mol. The van der Waals surface area contributed by atoms with Crippen LogP contribution >= 0.6 is 0 Å². The molecule has 12 heterocycles. The van der Waals surface area contributed by atoms with Crippen molar-refractivity contribution in [2.24, 2.45) is 0 Å². The van der Waals surface area contributed by atoms with Gasteiger partial charge in [-0.25, -0.2) is 86.1 Å². The largest absolute Gasteiger partial charge is 0.387 e. The molecule has 14 N–H and O–H groups in total. The number of hydrogen-bond donors (Lipinski definition) is 14. The minimum atomic E-state index is -3.96.